The molecule has 0 saturated heterocycles. The lowest BCUT2D eigenvalue weighted by atomic mass is 10.1. The Labute approximate surface area is 161 Å². The molecule has 0 atom stereocenters. The van der Waals surface area contributed by atoms with Crippen LogP contribution < -0.4 is 0 Å². The predicted molar refractivity (Wildman–Crippen MR) is 93.6 cm³/mol. The van der Waals surface area contributed by atoms with Gasteiger partial charge in [0.25, 0.3) is 0 Å². The molecule has 0 heterocycles. The monoisotopic (exact) mass is 420 g/mol. The Hall–Kier alpha value is -2.42. The van der Waals surface area contributed by atoms with Crippen molar-refractivity contribution in [3.8, 4) is 0 Å². The summed E-state index contributed by atoms with van der Waals surface area (Å²) in [5.74, 6) is -1.17. The molecule has 150 valence electrons. The van der Waals surface area contributed by atoms with E-state index < -0.39 is 35.2 Å². The van der Waals surface area contributed by atoms with Crippen molar-refractivity contribution in [3.63, 3.8) is 0 Å². The Balaban J connectivity index is 1.95. The van der Waals surface area contributed by atoms with Gasteiger partial charge in [0, 0.05) is 4.90 Å². The van der Waals surface area contributed by atoms with Gasteiger partial charge in [-0.25, -0.2) is 0 Å². The van der Waals surface area contributed by atoms with Crippen molar-refractivity contribution < 1.29 is 35.9 Å². The Morgan fingerprint density at radius 3 is 2.04 bits per heavy atom. The number of esters is 1. The first kappa shape index (κ1) is 21.9. The van der Waals surface area contributed by atoms with Gasteiger partial charge in [0.1, 0.15) is 6.61 Å². The molecule has 2 aromatic rings. The van der Waals surface area contributed by atoms with Crippen LogP contribution in [0.1, 0.15) is 16.7 Å². The van der Waals surface area contributed by atoms with E-state index in [1.165, 1.54) is 0 Å². The molecule has 0 aromatic heterocycles. The summed E-state index contributed by atoms with van der Waals surface area (Å²) in [5.41, 5.74) is -1.97. The number of carbonyl (C=O) groups is 1. The van der Waals surface area contributed by atoms with Crippen molar-refractivity contribution >= 4 is 23.8 Å². The van der Waals surface area contributed by atoms with Crippen molar-refractivity contribution in [2.75, 3.05) is 12.4 Å². The van der Waals surface area contributed by atoms with Crippen LogP contribution in [-0.4, -0.2) is 18.3 Å². The van der Waals surface area contributed by atoms with Crippen molar-refractivity contribution in [1.29, 1.82) is 0 Å². The van der Waals surface area contributed by atoms with Gasteiger partial charge in [-0.2, -0.15) is 26.3 Å². The molecule has 9 heteroatoms. The number of hydrogen-bond donors (Lipinski definition) is 0. The number of ether oxygens (including phenoxy) is 1. The maximum atomic E-state index is 12.8. The quantitative estimate of drug-likeness (QED) is 0.322. The van der Waals surface area contributed by atoms with Gasteiger partial charge in [-0.3, -0.25) is 4.79 Å². The third kappa shape index (κ3) is 6.95. The van der Waals surface area contributed by atoms with Gasteiger partial charge in [-0.15, -0.1) is 11.8 Å². The summed E-state index contributed by atoms with van der Waals surface area (Å²) in [4.78, 5) is 11.3. The predicted octanol–water partition coefficient (Wildman–Crippen LogP) is 6.07. The second kappa shape index (κ2) is 9.18. The lowest BCUT2D eigenvalue weighted by Crippen LogP contribution is -2.11. The minimum atomic E-state index is -4.93. The van der Waals surface area contributed by atoms with E-state index in [4.69, 9.17) is 4.74 Å². The highest BCUT2D eigenvalue weighted by atomic mass is 32.2. The largest absolute Gasteiger partial charge is 0.461 e. The average Bonchev–Trinajstić information content (AvgIpc) is 2.63. The van der Waals surface area contributed by atoms with E-state index in [0.29, 0.717) is 23.9 Å². The molecule has 0 spiro atoms. The molecule has 0 aliphatic heterocycles. The SMILES string of the molecule is O=C(CSc1cc(C(F)(F)F)cc(C(F)(F)F)c1)OC/C=C/c1ccccc1. The molecular formula is C19H14F6O2S. The van der Waals surface area contributed by atoms with Crippen molar-refractivity contribution in [3.05, 3.63) is 71.3 Å². The maximum Gasteiger partial charge on any atom is 0.416 e. The minimum Gasteiger partial charge on any atom is -0.461 e. The number of rotatable bonds is 6. The van der Waals surface area contributed by atoms with Crippen LogP contribution in [0.3, 0.4) is 0 Å². The van der Waals surface area contributed by atoms with E-state index in [-0.39, 0.29) is 17.6 Å². The zero-order valence-corrected chi connectivity index (χ0v) is 15.0. The molecule has 0 bridgehead atoms. The van der Waals surface area contributed by atoms with Crippen LogP contribution >= 0.6 is 11.8 Å². The lowest BCUT2D eigenvalue weighted by Gasteiger charge is -2.13. The molecule has 0 saturated carbocycles. The van der Waals surface area contributed by atoms with Gasteiger partial charge in [0.05, 0.1) is 16.9 Å². The van der Waals surface area contributed by atoms with Crippen LogP contribution in [0.25, 0.3) is 6.08 Å². The Morgan fingerprint density at radius 1 is 0.929 bits per heavy atom. The number of halogens is 6. The van der Waals surface area contributed by atoms with E-state index in [0.717, 1.165) is 5.56 Å². The Morgan fingerprint density at radius 2 is 1.50 bits per heavy atom. The summed E-state index contributed by atoms with van der Waals surface area (Å²) in [7, 11) is 0. The molecule has 2 rings (SSSR count). The highest BCUT2D eigenvalue weighted by Gasteiger charge is 2.36. The van der Waals surface area contributed by atoms with Gasteiger partial charge >= 0.3 is 18.3 Å². The van der Waals surface area contributed by atoms with Gasteiger partial charge in [0.15, 0.2) is 0 Å². The van der Waals surface area contributed by atoms with Crippen LogP contribution in [0, 0.1) is 0 Å². The van der Waals surface area contributed by atoms with Crippen LogP contribution in [0.15, 0.2) is 59.5 Å². The first-order valence-corrected chi connectivity index (χ1v) is 8.84. The summed E-state index contributed by atoms with van der Waals surface area (Å²) in [6.45, 7) is -0.0648. The summed E-state index contributed by atoms with van der Waals surface area (Å²) < 4.78 is 81.7. The minimum absolute atomic E-state index is 0.0385. The van der Waals surface area contributed by atoms with Gasteiger partial charge in [0.2, 0.25) is 0 Å². The van der Waals surface area contributed by atoms with Gasteiger partial charge in [-0.05, 0) is 29.8 Å². The highest BCUT2D eigenvalue weighted by molar-refractivity contribution is 8.00. The van der Waals surface area contributed by atoms with Crippen LogP contribution in [0.2, 0.25) is 0 Å². The second-order valence-electron chi connectivity index (χ2n) is 5.53. The van der Waals surface area contributed by atoms with Crippen LogP contribution in [-0.2, 0) is 21.9 Å². The summed E-state index contributed by atoms with van der Waals surface area (Å²) >= 11 is 0.545. The number of hydrogen-bond acceptors (Lipinski definition) is 3. The second-order valence-corrected chi connectivity index (χ2v) is 6.58. The van der Waals surface area contributed by atoms with E-state index >= 15 is 0 Å². The fraction of sp³-hybridized carbons (Fsp3) is 0.211. The van der Waals surface area contributed by atoms with E-state index in [1.54, 1.807) is 12.2 Å². The zero-order chi connectivity index (χ0) is 20.8. The molecule has 2 aromatic carbocycles. The third-order valence-corrected chi connectivity index (χ3v) is 4.32. The molecule has 0 aliphatic rings. The van der Waals surface area contributed by atoms with Crippen molar-refractivity contribution in [2.45, 2.75) is 17.2 Å². The topological polar surface area (TPSA) is 26.3 Å². The van der Waals surface area contributed by atoms with Gasteiger partial charge < -0.3 is 4.74 Å². The molecule has 28 heavy (non-hydrogen) atoms. The first-order chi connectivity index (χ1) is 13.1. The fourth-order valence-corrected chi connectivity index (χ4v) is 2.87. The molecule has 2 nitrogen and oxygen atoms in total. The first-order valence-electron chi connectivity index (χ1n) is 7.85. The van der Waals surface area contributed by atoms with Crippen molar-refractivity contribution in [1.82, 2.24) is 0 Å². The standard InChI is InChI=1S/C19H14F6O2S/c20-18(21,22)14-9-15(19(23,24)25)11-16(10-14)28-12-17(26)27-8-4-7-13-5-2-1-3-6-13/h1-7,9-11H,8,12H2/b7-4+. The summed E-state index contributed by atoms with van der Waals surface area (Å²) in [5, 5.41) is 0. The van der Waals surface area contributed by atoms with Crippen LogP contribution in [0.4, 0.5) is 26.3 Å². The Bertz CT molecular complexity index is 796. The average molecular weight is 420 g/mol. The molecule has 0 aliphatic carbocycles. The number of thioether (sulfide) groups is 1. The normalized spacial score (nSPS) is 12.4. The van der Waals surface area contributed by atoms with Gasteiger partial charge in [-0.1, -0.05) is 36.4 Å². The summed E-state index contributed by atoms with van der Waals surface area (Å²) in [6.07, 6.45) is -6.58. The maximum absolute atomic E-state index is 12.8. The number of alkyl halides is 6. The zero-order valence-electron chi connectivity index (χ0n) is 14.2. The van der Waals surface area contributed by atoms with E-state index in [1.807, 2.05) is 30.3 Å². The van der Waals surface area contributed by atoms with E-state index in [9.17, 15) is 31.1 Å². The van der Waals surface area contributed by atoms with Crippen molar-refractivity contribution in [2.24, 2.45) is 0 Å². The smallest absolute Gasteiger partial charge is 0.416 e. The molecule has 0 N–H and O–H groups in total. The number of carbonyl (C=O) groups excluding carboxylic acids is 1. The molecule has 0 unspecified atom stereocenters. The lowest BCUT2D eigenvalue weighted by molar-refractivity contribution is -0.143. The molecule has 0 amide bonds. The third-order valence-electron chi connectivity index (χ3n) is 3.37. The molecule has 0 radical (unpaired) electrons. The highest BCUT2D eigenvalue weighted by Crippen LogP contribution is 2.38. The molecular weight excluding hydrogens is 406 g/mol. The van der Waals surface area contributed by atoms with Crippen LogP contribution in [0.5, 0.6) is 0 Å². The Kier molecular flexibility index (Phi) is 7.17. The van der Waals surface area contributed by atoms with E-state index in [2.05, 4.69) is 0 Å². The summed E-state index contributed by atoms with van der Waals surface area (Å²) in [6, 6.07) is 10.3. The number of benzene rings is 2. The fourth-order valence-electron chi connectivity index (χ4n) is 2.08. The molecule has 0 fully saturated rings.